The van der Waals surface area contributed by atoms with Crippen LogP contribution in [0.25, 0.3) is 0 Å². The van der Waals surface area contributed by atoms with Crippen molar-refractivity contribution in [2.75, 3.05) is 19.8 Å². The van der Waals surface area contributed by atoms with Gasteiger partial charge in [0, 0.05) is 5.92 Å². The summed E-state index contributed by atoms with van der Waals surface area (Å²) in [5.74, 6) is 2.52. The van der Waals surface area contributed by atoms with Crippen molar-refractivity contribution in [3.05, 3.63) is 59.2 Å². The molecule has 1 atom stereocenters. The Morgan fingerprint density at radius 2 is 1.57 bits per heavy atom. The van der Waals surface area contributed by atoms with E-state index in [0.29, 0.717) is 25.7 Å². The second-order valence-electron chi connectivity index (χ2n) is 6.44. The minimum Gasteiger partial charge on any atom is -0.486 e. The molecule has 0 radical (unpaired) electrons. The van der Waals surface area contributed by atoms with E-state index in [-0.39, 0.29) is 5.92 Å². The van der Waals surface area contributed by atoms with Crippen molar-refractivity contribution in [1.29, 1.82) is 0 Å². The summed E-state index contributed by atoms with van der Waals surface area (Å²) in [5.41, 5.74) is 9.94. The molecule has 1 aliphatic rings. The third-order valence-corrected chi connectivity index (χ3v) is 4.45. The first kappa shape index (κ1) is 15.9. The fraction of sp³-hybridized carbons (Fsp3) is 0.400. The van der Waals surface area contributed by atoms with E-state index in [2.05, 4.69) is 50.2 Å². The molecule has 0 bridgehead atoms. The third kappa shape index (κ3) is 3.67. The number of rotatable bonds is 5. The average molecular weight is 311 g/mol. The summed E-state index contributed by atoms with van der Waals surface area (Å²) in [7, 11) is 0. The number of hydrogen-bond donors (Lipinski definition) is 1. The second kappa shape index (κ2) is 7.05. The molecule has 0 fully saturated rings. The van der Waals surface area contributed by atoms with Crippen molar-refractivity contribution in [3.63, 3.8) is 0 Å². The molecule has 0 saturated heterocycles. The van der Waals surface area contributed by atoms with Crippen LogP contribution in [-0.4, -0.2) is 19.8 Å². The lowest BCUT2D eigenvalue weighted by molar-refractivity contribution is 0.171. The van der Waals surface area contributed by atoms with Crippen molar-refractivity contribution in [2.45, 2.75) is 32.1 Å². The predicted octanol–water partition coefficient (Wildman–Crippen LogP) is 3.87. The van der Waals surface area contributed by atoms with Gasteiger partial charge in [0.2, 0.25) is 0 Å². The van der Waals surface area contributed by atoms with Crippen molar-refractivity contribution in [2.24, 2.45) is 5.73 Å². The average Bonchev–Trinajstić information content (AvgIpc) is 2.59. The first-order valence-electron chi connectivity index (χ1n) is 8.36. The fourth-order valence-corrected chi connectivity index (χ4v) is 2.97. The molecule has 3 nitrogen and oxygen atoms in total. The maximum atomic E-state index is 6.03. The zero-order valence-corrected chi connectivity index (χ0v) is 13.9. The SMILES string of the molecule is CC(C)c1ccc(CC(CN)c2ccc3c(c2)OCCO3)cc1. The first-order chi connectivity index (χ1) is 11.2. The number of hydrogen-bond acceptors (Lipinski definition) is 3. The number of nitrogens with two attached hydrogens (primary N) is 1. The van der Waals surface area contributed by atoms with E-state index >= 15 is 0 Å². The highest BCUT2D eigenvalue weighted by atomic mass is 16.6. The summed E-state index contributed by atoms with van der Waals surface area (Å²) >= 11 is 0. The highest BCUT2D eigenvalue weighted by Gasteiger charge is 2.16. The molecule has 0 aromatic heterocycles. The molecule has 1 heterocycles. The van der Waals surface area contributed by atoms with Gasteiger partial charge in [-0.15, -0.1) is 0 Å². The van der Waals surface area contributed by atoms with E-state index in [1.54, 1.807) is 0 Å². The molecule has 0 aliphatic carbocycles. The summed E-state index contributed by atoms with van der Waals surface area (Å²) in [6.45, 7) is 6.28. The quantitative estimate of drug-likeness (QED) is 0.911. The lowest BCUT2D eigenvalue weighted by atomic mass is 9.90. The number of fused-ring (bicyclic) bond motifs is 1. The molecule has 3 rings (SSSR count). The molecule has 1 unspecified atom stereocenters. The van der Waals surface area contributed by atoms with Crippen molar-refractivity contribution >= 4 is 0 Å². The molecular formula is C20H25NO2. The highest BCUT2D eigenvalue weighted by Crippen LogP contribution is 2.34. The van der Waals surface area contributed by atoms with E-state index in [0.717, 1.165) is 17.9 Å². The lowest BCUT2D eigenvalue weighted by Crippen LogP contribution is -2.18. The topological polar surface area (TPSA) is 44.5 Å². The van der Waals surface area contributed by atoms with Gasteiger partial charge in [0.15, 0.2) is 11.5 Å². The molecule has 2 aromatic rings. The minimum absolute atomic E-state index is 0.288. The minimum atomic E-state index is 0.288. The largest absolute Gasteiger partial charge is 0.486 e. The molecule has 0 saturated carbocycles. The van der Waals surface area contributed by atoms with Crippen molar-refractivity contribution in [1.82, 2.24) is 0 Å². The molecule has 0 amide bonds. The van der Waals surface area contributed by atoms with Gasteiger partial charge in [-0.05, 0) is 47.7 Å². The van der Waals surface area contributed by atoms with Crippen LogP contribution in [0, 0.1) is 0 Å². The smallest absolute Gasteiger partial charge is 0.161 e. The normalized spacial score (nSPS) is 14.8. The monoisotopic (exact) mass is 311 g/mol. The Balaban J connectivity index is 1.77. The Morgan fingerprint density at radius 1 is 0.913 bits per heavy atom. The zero-order valence-electron chi connectivity index (χ0n) is 13.9. The standard InChI is InChI=1S/C20H25NO2/c1-14(2)16-5-3-15(4-6-16)11-18(13-21)17-7-8-19-20(12-17)23-10-9-22-19/h3-8,12,14,18H,9-11,13,21H2,1-2H3. The Kier molecular flexibility index (Phi) is 4.87. The molecule has 3 heteroatoms. The first-order valence-corrected chi connectivity index (χ1v) is 8.36. The Labute approximate surface area is 138 Å². The van der Waals surface area contributed by atoms with Crippen LogP contribution in [-0.2, 0) is 6.42 Å². The molecule has 0 spiro atoms. The van der Waals surface area contributed by atoms with E-state index in [1.165, 1.54) is 16.7 Å². The molecule has 23 heavy (non-hydrogen) atoms. The molecule has 2 aromatic carbocycles. The van der Waals surface area contributed by atoms with Crippen LogP contribution in [0.2, 0.25) is 0 Å². The van der Waals surface area contributed by atoms with E-state index in [1.807, 2.05) is 6.07 Å². The highest BCUT2D eigenvalue weighted by molar-refractivity contribution is 5.45. The molecule has 1 aliphatic heterocycles. The van der Waals surface area contributed by atoms with Crippen LogP contribution in [0.5, 0.6) is 11.5 Å². The van der Waals surface area contributed by atoms with Crippen LogP contribution in [0.4, 0.5) is 0 Å². The maximum absolute atomic E-state index is 6.03. The van der Waals surface area contributed by atoms with Crippen LogP contribution in [0.1, 0.15) is 42.4 Å². The lowest BCUT2D eigenvalue weighted by Gasteiger charge is -2.21. The van der Waals surface area contributed by atoms with Crippen LogP contribution < -0.4 is 15.2 Å². The fourth-order valence-electron chi connectivity index (χ4n) is 2.97. The molecular weight excluding hydrogens is 286 g/mol. The van der Waals surface area contributed by atoms with E-state index in [9.17, 15) is 0 Å². The summed E-state index contributed by atoms with van der Waals surface area (Å²) < 4.78 is 11.3. The van der Waals surface area contributed by atoms with Gasteiger partial charge in [-0.1, -0.05) is 44.2 Å². The van der Waals surface area contributed by atoms with Gasteiger partial charge in [0.05, 0.1) is 0 Å². The molecule has 122 valence electrons. The summed E-state index contributed by atoms with van der Waals surface area (Å²) in [6, 6.07) is 15.1. The van der Waals surface area contributed by atoms with E-state index in [4.69, 9.17) is 15.2 Å². The van der Waals surface area contributed by atoms with Crippen molar-refractivity contribution < 1.29 is 9.47 Å². The van der Waals surface area contributed by atoms with Gasteiger partial charge in [-0.3, -0.25) is 0 Å². The van der Waals surface area contributed by atoms with Crippen molar-refractivity contribution in [3.8, 4) is 11.5 Å². The number of ether oxygens (including phenoxy) is 2. The van der Waals surface area contributed by atoms with Gasteiger partial charge < -0.3 is 15.2 Å². The van der Waals surface area contributed by atoms with Gasteiger partial charge in [-0.2, -0.15) is 0 Å². The van der Waals surface area contributed by atoms with Gasteiger partial charge in [0.1, 0.15) is 13.2 Å². The van der Waals surface area contributed by atoms with Gasteiger partial charge >= 0.3 is 0 Å². The predicted molar refractivity (Wildman–Crippen MR) is 93.5 cm³/mol. The Morgan fingerprint density at radius 3 is 2.22 bits per heavy atom. The van der Waals surface area contributed by atoms with Gasteiger partial charge in [0.25, 0.3) is 0 Å². The van der Waals surface area contributed by atoms with Gasteiger partial charge in [-0.25, -0.2) is 0 Å². The molecule has 2 N–H and O–H groups in total. The van der Waals surface area contributed by atoms with Crippen LogP contribution in [0.3, 0.4) is 0 Å². The Bertz CT molecular complexity index is 649. The van der Waals surface area contributed by atoms with Crippen LogP contribution in [0.15, 0.2) is 42.5 Å². The summed E-state index contributed by atoms with van der Waals surface area (Å²) in [5, 5.41) is 0. The summed E-state index contributed by atoms with van der Waals surface area (Å²) in [6.07, 6.45) is 0.939. The zero-order chi connectivity index (χ0) is 16.2. The van der Waals surface area contributed by atoms with E-state index < -0.39 is 0 Å². The van der Waals surface area contributed by atoms with Crippen LogP contribution >= 0.6 is 0 Å². The number of benzene rings is 2. The summed E-state index contributed by atoms with van der Waals surface area (Å²) in [4.78, 5) is 0. The second-order valence-corrected chi connectivity index (χ2v) is 6.44. The Hall–Kier alpha value is -2.00. The maximum Gasteiger partial charge on any atom is 0.161 e. The third-order valence-electron chi connectivity index (χ3n) is 4.45.